The first-order chi connectivity index (χ1) is 13.0. The van der Waals surface area contributed by atoms with Crippen LogP contribution in [0.5, 0.6) is 0 Å². The summed E-state index contributed by atoms with van der Waals surface area (Å²) in [4.78, 5) is 42.4. The van der Waals surface area contributed by atoms with Gasteiger partial charge in [-0.05, 0) is 44.2 Å². The molecule has 0 N–H and O–H groups in total. The molecule has 2 amide bonds. The number of likely N-dealkylation sites (tertiary alicyclic amines) is 2. The minimum atomic E-state index is -0.480. The summed E-state index contributed by atoms with van der Waals surface area (Å²) in [5, 5.41) is 0. The summed E-state index contributed by atoms with van der Waals surface area (Å²) in [5.41, 5.74) is -0.0698. The maximum atomic E-state index is 13.4. The minimum absolute atomic E-state index is 0.224. The molecule has 2 aliphatic heterocycles. The van der Waals surface area contributed by atoms with Crippen molar-refractivity contribution in [2.24, 2.45) is 12.5 Å². The van der Waals surface area contributed by atoms with Crippen LogP contribution in [-0.2, 0) is 16.6 Å². The Morgan fingerprint density at radius 1 is 1.07 bits per heavy atom. The number of nitrogens with zero attached hydrogens (tertiary/aromatic N) is 3. The van der Waals surface area contributed by atoms with Crippen LogP contribution in [0.15, 0.2) is 18.3 Å². The van der Waals surface area contributed by atoms with Crippen molar-refractivity contribution in [3.8, 4) is 0 Å². The van der Waals surface area contributed by atoms with Crippen molar-refractivity contribution >= 4 is 17.6 Å². The maximum absolute atomic E-state index is 13.4. The molecule has 3 aliphatic rings. The summed E-state index contributed by atoms with van der Waals surface area (Å²) >= 11 is 0. The molecule has 0 radical (unpaired) electrons. The van der Waals surface area contributed by atoms with Gasteiger partial charge in [0.2, 0.25) is 5.91 Å². The number of Topliss-reactive ketones (excluding diaryl/α,β-unsaturated/α-hetero) is 1. The molecule has 1 saturated carbocycles. The Hall–Kier alpha value is -2.11. The molecule has 0 unspecified atom stereocenters. The lowest BCUT2D eigenvalue weighted by Gasteiger charge is -2.44. The first-order valence-electron chi connectivity index (χ1n) is 10.3. The molecule has 146 valence electrons. The van der Waals surface area contributed by atoms with Gasteiger partial charge in [0.15, 0.2) is 0 Å². The number of carbonyl (C=O) groups excluding carboxylic acids is 3. The summed E-state index contributed by atoms with van der Waals surface area (Å²) in [5.74, 6) is -0.731. The van der Waals surface area contributed by atoms with Gasteiger partial charge < -0.3 is 14.4 Å². The van der Waals surface area contributed by atoms with Gasteiger partial charge in [-0.1, -0.05) is 19.3 Å². The number of rotatable bonds is 3. The van der Waals surface area contributed by atoms with E-state index in [4.69, 9.17) is 0 Å². The van der Waals surface area contributed by atoms with Crippen molar-refractivity contribution in [1.29, 1.82) is 0 Å². The molecular formula is C21H29N3O3. The molecule has 1 aromatic rings. The molecule has 3 heterocycles. The Balaban J connectivity index is 1.47. The van der Waals surface area contributed by atoms with Gasteiger partial charge >= 0.3 is 0 Å². The average Bonchev–Trinajstić information content (AvgIpc) is 3.31. The van der Waals surface area contributed by atoms with Crippen molar-refractivity contribution in [2.75, 3.05) is 19.6 Å². The van der Waals surface area contributed by atoms with E-state index in [1.54, 1.807) is 34.8 Å². The first kappa shape index (κ1) is 18.3. The van der Waals surface area contributed by atoms with E-state index in [-0.39, 0.29) is 5.91 Å². The van der Waals surface area contributed by atoms with Crippen molar-refractivity contribution in [3.05, 3.63) is 24.0 Å². The molecule has 4 rings (SSSR count). The third kappa shape index (κ3) is 3.19. The van der Waals surface area contributed by atoms with E-state index < -0.39 is 17.1 Å². The van der Waals surface area contributed by atoms with Crippen LogP contribution in [0.1, 0.15) is 61.9 Å². The summed E-state index contributed by atoms with van der Waals surface area (Å²) < 4.78 is 1.67. The second-order valence-corrected chi connectivity index (χ2v) is 8.48. The lowest BCUT2D eigenvalue weighted by molar-refractivity contribution is -0.149. The molecule has 1 aliphatic carbocycles. The molecule has 6 heteroatoms. The smallest absolute Gasteiger partial charge is 0.296 e. The number of hydrogen-bond acceptors (Lipinski definition) is 3. The molecular weight excluding hydrogens is 342 g/mol. The van der Waals surface area contributed by atoms with Crippen LogP contribution in [0, 0.1) is 5.41 Å². The highest BCUT2D eigenvalue weighted by molar-refractivity contribution is 6.42. The molecule has 1 spiro atoms. The maximum Gasteiger partial charge on any atom is 0.296 e. The van der Waals surface area contributed by atoms with E-state index in [0.29, 0.717) is 31.2 Å². The standard InChI is InChI=1S/C21H29N3O3/c1-22-12-5-9-17(22)18(25)19(26)23-14-11-21(15-23)10-6-13-24(20(21)27)16-7-3-2-4-8-16/h5,9,12,16H,2-4,6-8,10-11,13-15H2,1H3/t21-/m1/s1. The summed E-state index contributed by atoms with van der Waals surface area (Å²) in [6.07, 6.45) is 10.2. The quantitative estimate of drug-likeness (QED) is 0.605. The Labute approximate surface area is 160 Å². The second kappa shape index (κ2) is 7.13. The van der Waals surface area contributed by atoms with E-state index >= 15 is 0 Å². The third-order valence-corrected chi connectivity index (χ3v) is 6.80. The molecule has 3 fully saturated rings. The second-order valence-electron chi connectivity index (χ2n) is 8.48. The fraction of sp³-hybridized carbons (Fsp3) is 0.667. The van der Waals surface area contributed by atoms with E-state index in [2.05, 4.69) is 4.90 Å². The van der Waals surface area contributed by atoms with E-state index in [1.165, 1.54) is 19.3 Å². The minimum Gasteiger partial charge on any atom is -0.348 e. The van der Waals surface area contributed by atoms with Gasteiger partial charge in [-0.2, -0.15) is 0 Å². The zero-order valence-corrected chi connectivity index (χ0v) is 16.2. The molecule has 6 nitrogen and oxygen atoms in total. The lowest BCUT2D eigenvalue weighted by Crippen LogP contribution is -2.54. The van der Waals surface area contributed by atoms with Gasteiger partial charge in [-0.15, -0.1) is 0 Å². The molecule has 27 heavy (non-hydrogen) atoms. The van der Waals surface area contributed by atoms with E-state index in [0.717, 1.165) is 32.2 Å². The Bertz CT molecular complexity index is 750. The van der Waals surface area contributed by atoms with Crippen molar-refractivity contribution in [1.82, 2.24) is 14.4 Å². The van der Waals surface area contributed by atoms with Crippen LogP contribution in [0.3, 0.4) is 0 Å². The summed E-state index contributed by atoms with van der Waals surface area (Å²) in [7, 11) is 1.76. The predicted molar refractivity (Wildman–Crippen MR) is 101 cm³/mol. The average molecular weight is 371 g/mol. The van der Waals surface area contributed by atoms with Crippen molar-refractivity contribution < 1.29 is 14.4 Å². The molecule has 1 atom stereocenters. The zero-order valence-electron chi connectivity index (χ0n) is 16.2. The largest absolute Gasteiger partial charge is 0.348 e. The number of aromatic nitrogens is 1. The van der Waals surface area contributed by atoms with Crippen LogP contribution in [0.4, 0.5) is 0 Å². The van der Waals surface area contributed by atoms with Crippen LogP contribution in [0.25, 0.3) is 0 Å². The topological polar surface area (TPSA) is 62.6 Å². The van der Waals surface area contributed by atoms with Crippen LogP contribution in [-0.4, -0.2) is 57.6 Å². The Kier molecular flexibility index (Phi) is 4.82. The van der Waals surface area contributed by atoms with Crippen LogP contribution in [0.2, 0.25) is 0 Å². The van der Waals surface area contributed by atoms with Gasteiger partial charge in [0.05, 0.1) is 11.1 Å². The normalized spacial score (nSPS) is 26.8. The van der Waals surface area contributed by atoms with Gasteiger partial charge in [0.25, 0.3) is 11.7 Å². The third-order valence-electron chi connectivity index (χ3n) is 6.80. The molecule has 0 bridgehead atoms. The van der Waals surface area contributed by atoms with Gasteiger partial charge in [0, 0.05) is 38.9 Å². The van der Waals surface area contributed by atoms with Gasteiger partial charge in [0.1, 0.15) is 0 Å². The fourth-order valence-electron chi connectivity index (χ4n) is 5.22. The SMILES string of the molecule is Cn1cccc1C(=O)C(=O)N1CC[C@]2(CCCN(C3CCCCC3)C2=O)C1. The van der Waals surface area contributed by atoms with Crippen molar-refractivity contribution in [2.45, 2.75) is 57.4 Å². The Morgan fingerprint density at radius 2 is 1.85 bits per heavy atom. The number of ketones is 1. The number of carbonyl (C=O) groups is 3. The highest BCUT2D eigenvalue weighted by Gasteiger charge is 2.51. The van der Waals surface area contributed by atoms with E-state index in [9.17, 15) is 14.4 Å². The fourth-order valence-corrected chi connectivity index (χ4v) is 5.22. The monoisotopic (exact) mass is 371 g/mol. The number of aryl methyl sites for hydroxylation is 1. The molecule has 1 aromatic heterocycles. The first-order valence-corrected chi connectivity index (χ1v) is 10.3. The van der Waals surface area contributed by atoms with Crippen LogP contribution < -0.4 is 0 Å². The predicted octanol–water partition coefficient (Wildman–Crippen LogP) is 2.38. The Morgan fingerprint density at radius 3 is 2.56 bits per heavy atom. The number of piperidine rings is 1. The lowest BCUT2D eigenvalue weighted by atomic mass is 9.77. The highest BCUT2D eigenvalue weighted by Crippen LogP contribution is 2.42. The van der Waals surface area contributed by atoms with Crippen LogP contribution >= 0.6 is 0 Å². The molecule has 2 saturated heterocycles. The van der Waals surface area contributed by atoms with Gasteiger partial charge in [-0.25, -0.2) is 0 Å². The summed E-state index contributed by atoms with van der Waals surface area (Å²) in [6, 6.07) is 3.81. The zero-order chi connectivity index (χ0) is 19.0. The molecule has 0 aromatic carbocycles. The van der Waals surface area contributed by atoms with E-state index in [1.807, 2.05) is 0 Å². The van der Waals surface area contributed by atoms with Crippen molar-refractivity contribution in [3.63, 3.8) is 0 Å². The number of amides is 2. The summed E-state index contributed by atoms with van der Waals surface area (Å²) in [6.45, 7) is 1.74. The van der Waals surface area contributed by atoms with Gasteiger partial charge in [-0.3, -0.25) is 14.4 Å². The number of hydrogen-bond donors (Lipinski definition) is 0. The highest BCUT2D eigenvalue weighted by atomic mass is 16.2.